The second-order valence-electron chi connectivity index (χ2n) is 5.31. The van der Waals surface area contributed by atoms with Crippen molar-refractivity contribution in [1.82, 2.24) is 14.5 Å². The van der Waals surface area contributed by atoms with Gasteiger partial charge in [-0.3, -0.25) is 4.57 Å². The number of imidazole rings is 1. The van der Waals surface area contributed by atoms with Crippen LogP contribution >= 0.6 is 0 Å². The number of fused-ring (bicyclic) bond motifs is 1. The highest BCUT2D eigenvalue weighted by Gasteiger charge is 2.10. The number of anilines is 1. The summed E-state index contributed by atoms with van der Waals surface area (Å²) in [5, 5.41) is 0. The quantitative estimate of drug-likeness (QED) is 0.824. The first kappa shape index (κ1) is 12.9. The zero-order chi connectivity index (χ0) is 13.1. The van der Waals surface area contributed by atoms with Crippen molar-refractivity contribution in [2.45, 2.75) is 46.6 Å². The fourth-order valence-corrected chi connectivity index (χ4v) is 2.20. The van der Waals surface area contributed by atoms with Crippen molar-refractivity contribution in [3.63, 3.8) is 0 Å². The van der Waals surface area contributed by atoms with Gasteiger partial charge in [-0.15, -0.1) is 0 Å². The van der Waals surface area contributed by atoms with E-state index in [1.807, 2.05) is 23.8 Å². The number of rotatable bonds is 5. The van der Waals surface area contributed by atoms with Crippen LogP contribution in [0.2, 0.25) is 0 Å². The highest BCUT2D eigenvalue weighted by atomic mass is 15.2. The summed E-state index contributed by atoms with van der Waals surface area (Å²) in [7, 11) is 0. The summed E-state index contributed by atoms with van der Waals surface area (Å²) in [6.45, 7) is 7.46. The summed E-state index contributed by atoms with van der Waals surface area (Å²) < 4.78 is 2.03. The van der Waals surface area contributed by atoms with Gasteiger partial charge in [0.1, 0.15) is 5.52 Å². The molecule has 2 aromatic heterocycles. The molecule has 4 heteroatoms. The molecule has 4 nitrogen and oxygen atoms in total. The predicted octanol–water partition coefficient (Wildman–Crippen LogP) is 3.15. The Hall–Kier alpha value is -1.58. The summed E-state index contributed by atoms with van der Waals surface area (Å²) in [4.78, 5) is 8.80. The van der Waals surface area contributed by atoms with Gasteiger partial charge >= 0.3 is 0 Å². The third kappa shape index (κ3) is 2.63. The predicted molar refractivity (Wildman–Crippen MR) is 75.4 cm³/mol. The Balaban J connectivity index is 2.13. The maximum Gasteiger partial charge on any atom is 0.202 e. The summed E-state index contributed by atoms with van der Waals surface area (Å²) in [6.07, 6.45) is 5.44. The number of nitrogens with two attached hydrogens (primary N) is 1. The summed E-state index contributed by atoms with van der Waals surface area (Å²) >= 11 is 0. The second kappa shape index (κ2) is 5.38. The average molecular weight is 246 g/mol. The third-order valence-corrected chi connectivity index (χ3v) is 3.28. The van der Waals surface area contributed by atoms with E-state index in [0.717, 1.165) is 35.6 Å². The molecule has 18 heavy (non-hydrogen) atoms. The van der Waals surface area contributed by atoms with Crippen LogP contribution in [0.25, 0.3) is 11.2 Å². The molecule has 0 atom stereocenters. The summed E-state index contributed by atoms with van der Waals surface area (Å²) in [5.74, 6) is 1.35. The van der Waals surface area contributed by atoms with Gasteiger partial charge in [0.2, 0.25) is 5.95 Å². The van der Waals surface area contributed by atoms with Crippen LogP contribution in [0.5, 0.6) is 0 Å². The lowest BCUT2D eigenvalue weighted by molar-refractivity contribution is 0.513. The van der Waals surface area contributed by atoms with Crippen LogP contribution in [0, 0.1) is 12.8 Å². The van der Waals surface area contributed by atoms with Crippen LogP contribution < -0.4 is 5.73 Å². The minimum atomic E-state index is 0.580. The Morgan fingerprint density at radius 1 is 1.33 bits per heavy atom. The van der Waals surface area contributed by atoms with Gasteiger partial charge in [-0.1, -0.05) is 26.7 Å². The van der Waals surface area contributed by atoms with E-state index in [0.29, 0.717) is 5.95 Å². The van der Waals surface area contributed by atoms with Crippen LogP contribution in [-0.2, 0) is 6.54 Å². The Morgan fingerprint density at radius 3 is 2.83 bits per heavy atom. The molecule has 0 unspecified atom stereocenters. The fraction of sp³-hybridized carbons (Fsp3) is 0.571. The first-order chi connectivity index (χ1) is 8.59. The van der Waals surface area contributed by atoms with E-state index in [-0.39, 0.29) is 0 Å². The molecule has 0 amide bonds. The van der Waals surface area contributed by atoms with Crippen molar-refractivity contribution in [1.29, 1.82) is 0 Å². The molecule has 2 heterocycles. The van der Waals surface area contributed by atoms with E-state index < -0.39 is 0 Å². The lowest BCUT2D eigenvalue weighted by atomic mass is 10.1. The summed E-state index contributed by atoms with van der Waals surface area (Å²) in [6, 6.07) is 1.97. The van der Waals surface area contributed by atoms with Gasteiger partial charge < -0.3 is 5.73 Å². The molecular formula is C14H22N4. The second-order valence-corrected chi connectivity index (χ2v) is 5.31. The Morgan fingerprint density at radius 2 is 2.11 bits per heavy atom. The molecule has 2 N–H and O–H groups in total. The monoisotopic (exact) mass is 246 g/mol. The number of unbranched alkanes of at least 4 members (excludes halogenated alkanes) is 1. The van der Waals surface area contributed by atoms with Gasteiger partial charge in [0.15, 0.2) is 5.65 Å². The molecule has 0 fully saturated rings. The Bertz CT molecular complexity index is 528. The van der Waals surface area contributed by atoms with Gasteiger partial charge in [-0.05, 0) is 30.9 Å². The van der Waals surface area contributed by atoms with Crippen LogP contribution in [0.15, 0.2) is 12.3 Å². The van der Waals surface area contributed by atoms with E-state index in [1.54, 1.807) is 0 Å². The lowest BCUT2D eigenvalue weighted by Gasteiger charge is -2.07. The first-order valence-corrected chi connectivity index (χ1v) is 6.67. The van der Waals surface area contributed by atoms with Gasteiger partial charge in [0.05, 0.1) is 0 Å². The molecular weight excluding hydrogens is 224 g/mol. The maximum absolute atomic E-state index is 5.98. The molecule has 0 aliphatic rings. The lowest BCUT2D eigenvalue weighted by Crippen LogP contribution is -2.04. The highest BCUT2D eigenvalue weighted by Crippen LogP contribution is 2.19. The number of nitrogen functional groups attached to an aromatic ring is 1. The minimum Gasteiger partial charge on any atom is -0.369 e. The first-order valence-electron chi connectivity index (χ1n) is 6.67. The molecule has 0 aromatic carbocycles. The van der Waals surface area contributed by atoms with E-state index in [9.17, 15) is 0 Å². The third-order valence-electron chi connectivity index (χ3n) is 3.28. The van der Waals surface area contributed by atoms with Crippen molar-refractivity contribution in [3.8, 4) is 0 Å². The SMILES string of the molecule is Cc1ccnc2c1nc(N)n2CCCCC(C)C. The minimum absolute atomic E-state index is 0.580. The molecule has 0 bridgehead atoms. The van der Waals surface area contributed by atoms with Gasteiger partial charge in [0.25, 0.3) is 0 Å². The van der Waals surface area contributed by atoms with E-state index >= 15 is 0 Å². The van der Waals surface area contributed by atoms with Crippen LogP contribution in [0.1, 0.15) is 38.7 Å². The Labute approximate surface area is 108 Å². The van der Waals surface area contributed by atoms with E-state index in [1.165, 1.54) is 12.8 Å². The smallest absolute Gasteiger partial charge is 0.202 e. The standard InChI is InChI=1S/C14H22N4/c1-10(2)6-4-5-9-18-13-12(17-14(18)15)11(3)7-8-16-13/h7-8,10H,4-6,9H2,1-3H3,(H2,15,17). The largest absolute Gasteiger partial charge is 0.369 e. The molecule has 98 valence electrons. The van der Waals surface area contributed by atoms with Crippen molar-refractivity contribution < 1.29 is 0 Å². The molecule has 0 aliphatic carbocycles. The van der Waals surface area contributed by atoms with E-state index in [2.05, 4.69) is 23.8 Å². The number of hydrogen-bond donors (Lipinski definition) is 1. The number of nitrogens with zero attached hydrogens (tertiary/aromatic N) is 3. The number of pyridine rings is 1. The topological polar surface area (TPSA) is 56.7 Å². The number of aryl methyl sites for hydroxylation is 2. The van der Waals surface area contributed by atoms with Crippen molar-refractivity contribution in [2.75, 3.05) is 5.73 Å². The Kier molecular flexibility index (Phi) is 3.84. The normalized spacial score (nSPS) is 11.6. The van der Waals surface area contributed by atoms with Crippen LogP contribution in [0.4, 0.5) is 5.95 Å². The van der Waals surface area contributed by atoms with Crippen molar-refractivity contribution >= 4 is 17.1 Å². The average Bonchev–Trinajstić information content (AvgIpc) is 2.63. The van der Waals surface area contributed by atoms with E-state index in [4.69, 9.17) is 5.73 Å². The van der Waals surface area contributed by atoms with Crippen LogP contribution in [0.3, 0.4) is 0 Å². The zero-order valence-electron chi connectivity index (χ0n) is 11.5. The van der Waals surface area contributed by atoms with Crippen LogP contribution in [-0.4, -0.2) is 14.5 Å². The van der Waals surface area contributed by atoms with Crippen molar-refractivity contribution in [3.05, 3.63) is 17.8 Å². The van der Waals surface area contributed by atoms with Gasteiger partial charge in [-0.2, -0.15) is 0 Å². The maximum atomic E-state index is 5.98. The number of aromatic nitrogens is 3. The van der Waals surface area contributed by atoms with Gasteiger partial charge in [-0.25, -0.2) is 9.97 Å². The molecule has 2 rings (SSSR count). The highest BCUT2D eigenvalue weighted by molar-refractivity contribution is 5.77. The molecule has 0 aliphatic heterocycles. The zero-order valence-corrected chi connectivity index (χ0v) is 11.5. The molecule has 0 radical (unpaired) electrons. The molecule has 0 saturated carbocycles. The van der Waals surface area contributed by atoms with Crippen molar-refractivity contribution in [2.24, 2.45) is 5.92 Å². The molecule has 2 aromatic rings. The van der Waals surface area contributed by atoms with Gasteiger partial charge in [0, 0.05) is 12.7 Å². The summed E-state index contributed by atoms with van der Waals surface area (Å²) in [5.41, 5.74) is 8.95. The fourth-order valence-electron chi connectivity index (χ4n) is 2.20. The molecule has 0 spiro atoms. The molecule has 0 saturated heterocycles. The number of hydrogen-bond acceptors (Lipinski definition) is 3.